The molecule has 0 aromatic carbocycles. The van der Waals surface area contributed by atoms with Crippen LogP contribution in [0.25, 0.3) is 0 Å². The zero-order chi connectivity index (χ0) is 23.6. The summed E-state index contributed by atoms with van der Waals surface area (Å²) in [6.45, 7) is 3.51. The minimum atomic E-state index is -1.22. The van der Waals surface area contributed by atoms with Crippen molar-refractivity contribution in [2.75, 3.05) is 0 Å². The van der Waals surface area contributed by atoms with Gasteiger partial charge in [-0.15, -0.1) is 0 Å². The van der Waals surface area contributed by atoms with Crippen molar-refractivity contribution in [2.24, 2.45) is 22.7 Å². The second-order valence-electron chi connectivity index (χ2n) is 11.3. The Hall–Kier alpha value is -1.99. The lowest BCUT2D eigenvalue weighted by Gasteiger charge is -2.65. The molecule has 1 heterocycles. The summed E-state index contributed by atoms with van der Waals surface area (Å²) in [6.07, 6.45) is 7.32. The number of rotatable bonds is 3. The Morgan fingerprint density at radius 3 is 2.52 bits per heavy atom. The second kappa shape index (κ2) is 7.51. The largest absolute Gasteiger partial charge is 0.462 e. The Morgan fingerprint density at radius 2 is 1.85 bits per heavy atom. The SMILES string of the molecule is CC(=O)O[C@H]1CC[C@]2(C=O)C3CC[C@]4(C)[C@@H](c5ccc(=O)oc5)CC[C@]4(O)C3CC[C@]2(O)C1. The van der Waals surface area contributed by atoms with Crippen molar-refractivity contribution >= 4 is 12.3 Å². The van der Waals surface area contributed by atoms with Crippen LogP contribution in [0, 0.1) is 22.7 Å². The van der Waals surface area contributed by atoms with Crippen molar-refractivity contribution in [3.63, 3.8) is 0 Å². The van der Waals surface area contributed by atoms with Crippen LogP contribution in [0.15, 0.2) is 27.6 Å². The lowest BCUT2D eigenvalue weighted by Crippen LogP contribution is -2.68. The minimum absolute atomic E-state index is 0.0699. The van der Waals surface area contributed by atoms with E-state index in [-0.39, 0.29) is 41.9 Å². The van der Waals surface area contributed by atoms with Gasteiger partial charge in [-0.1, -0.05) is 6.92 Å². The lowest BCUT2D eigenvalue weighted by atomic mass is 9.41. The van der Waals surface area contributed by atoms with E-state index in [4.69, 9.17) is 9.15 Å². The molecule has 7 nitrogen and oxygen atoms in total. The first-order valence-electron chi connectivity index (χ1n) is 12.3. The topological polar surface area (TPSA) is 114 Å². The molecular weight excluding hydrogens is 424 g/mol. The fraction of sp³-hybridized carbons (Fsp3) is 0.731. The summed E-state index contributed by atoms with van der Waals surface area (Å²) in [7, 11) is 0. The molecule has 5 rings (SSSR count). The van der Waals surface area contributed by atoms with Crippen LogP contribution >= 0.6 is 0 Å². The predicted molar refractivity (Wildman–Crippen MR) is 118 cm³/mol. The van der Waals surface area contributed by atoms with Gasteiger partial charge in [-0.3, -0.25) is 4.79 Å². The molecule has 4 aliphatic carbocycles. The first-order chi connectivity index (χ1) is 15.6. The Kier molecular flexibility index (Phi) is 5.18. The molecule has 0 radical (unpaired) electrons. The molecule has 8 atom stereocenters. The number of carbonyl (C=O) groups excluding carboxylic acids is 2. The van der Waals surface area contributed by atoms with Gasteiger partial charge in [0.25, 0.3) is 0 Å². The average molecular weight is 459 g/mol. The molecule has 0 amide bonds. The molecule has 0 saturated heterocycles. The van der Waals surface area contributed by atoms with Crippen molar-refractivity contribution in [3.8, 4) is 0 Å². The molecule has 1 aromatic heterocycles. The summed E-state index contributed by atoms with van der Waals surface area (Å²) >= 11 is 0. The highest BCUT2D eigenvalue weighted by Gasteiger charge is 2.71. The lowest BCUT2D eigenvalue weighted by molar-refractivity contribution is -0.248. The van der Waals surface area contributed by atoms with Gasteiger partial charge < -0.3 is 24.2 Å². The van der Waals surface area contributed by atoms with E-state index in [0.717, 1.165) is 31.1 Å². The molecule has 33 heavy (non-hydrogen) atoms. The average Bonchev–Trinajstić information content (AvgIpc) is 3.04. The third-order valence-corrected chi connectivity index (χ3v) is 10.2. The van der Waals surface area contributed by atoms with Gasteiger partial charge in [0.05, 0.1) is 22.9 Å². The summed E-state index contributed by atoms with van der Waals surface area (Å²) in [5.41, 5.74) is -2.96. The third kappa shape index (κ3) is 3.04. The van der Waals surface area contributed by atoms with Crippen molar-refractivity contribution in [1.82, 2.24) is 0 Å². The van der Waals surface area contributed by atoms with E-state index in [1.165, 1.54) is 19.3 Å². The number of aldehydes is 1. The van der Waals surface area contributed by atoms with Crippen LogP contribution in [0.1, 0.15) is 83.1 Å². The van der Waals surface area contributed by atoms with Crippen molar-refractivity contribution in [3.05, 3.63) is 34.4 Å². The summed E-state index contributed by atoms with van der Waals surface area (Å²) in [5.74, 6) is -0.502. The highest BCUT2D eigenvalue weighted by molar-refractivity contribution is 5.67. The maximum absolute atomic E-state index is 12.7. The molecule has 4 fully saturated rings. The number of carbonyl (C=O) groups is 2. The Bertz CT molecular complexity index is 998. The molecule has 2 N–H and O–H groups in total. The van der Waals surface area contributed by atoms with E-state index >= 15 is 0 Å². The number of hydrogen-bond donors (Lipinski definition) is 2. The molecule has 180 valence electrons. The molecule has 0 spiro atoms. The maximum atomic E-state index is 12.7. The van der Waals surface area contributed by atoms with Crippen LogP contribution in [0.4, 0.5) is 0 Å². The molecule has 1 aromatic rings. The summed E-state index contributed by atoms with van der Waals surface area (Å²) in [4.78, 5) is 35.7. The van der Waals surface area contributed by atoms with Crippen molar-refractivity contribution in [1.29, 1.82) is 0 Å². The Labute approximate surface area is 193 Å². The van der Waals surface area contributed by atoms with Crippen LogP contribution in [0.2, 0.25) is 0 Å². The fourth-order valence-electron chi connectivity index (χ4n) is 8.57. The molecule has 4 saturated carbocycles. The predicted octanol–water partition coefficient (Wildman–Crippen LogP) is 3.11. The summed E-state index contributed by atoms with van der Waals surface area (Å²) < 4.78 is 10.5. The number of aliphatic hydroxyl groups is 2. The Morgan fingerprint density at radius 1 is 1.09 bits per heavy atom. The number of esters is 1. The second-order valence-corrected chi connectivity index (χ2v) is 11.3. The molecule has 7 heteroatoms. The molecule has 0 bridgehead atoms. The van der Waals surface area contributed by atoms with E-state index in [9.17, 15) is 24.6 Å². The summed E-state index contributed by atoms with van der Waals surface area (Å²) in [6, 6.07) is 3.24. The van der Waals surface area contributed by atoms with Crippen molar-refractivity contribution < 1.29 is 29.0 Å². The van der Waals surface area contributed by atoms with E-state index in [1.54, 1.807) is 0 Å². The molecule has 0 aliphatic heterocycles. The minimum Gasteiger partial charge on any atom is -0.462 e. The highest BCUT2D eigenvalue weighted by Crippen LogP contribution is 2.71. The quantitative estimate of drug-likeness (QED) is 0.528. The molecule has 4 aliphatic rings. The summed E-state index contributed by atoms with van der Waals surface area (Å²) in [5, 5.41) is 24.0. The Balaban J connectivity index is 1.47. The monoisotopic (exact) mass is 458 g/mol. The zero-order valence-corrected chi connectivity index (χ0v) is 19.4. The maximum Gasteiger partial charge on any atom is 0.335 e. The standard InChI is InChI=1S/C26H34O7/c1-16(28)33-18-5-10-24(15-27)20-6-9-23(2)19(17-3-4-22(29)32-14-17)8-12-26(23,31)21(20)7-11-25(24,30)13-18/h3-4,14-15,18-21,30-31H,5-13H2,1-2H3/t18-,19+,20?,21?,23+,24-,25-,26-/m0/s1. The number of fused-ring (bicyclic) bond motifs is 5. The molecule has 2 unspecified atom stereocenters. The highest BCUT2D eigenvalue weighted by atomic mass is 16.5. The third-order valence-electron chi connectivity index (χ3n) is 10.2. The van der Waals surface area contributed by atoms with Gasteiger partial charge in [0.2, 0.25) is 0 Å². The zero-order valence-electron chi connectivity index (χ0n) is 19.4. The van der Waals surface area contributed by atoms with E-state index in [0.29, 0.717) is 32.1 Å². The van der Waals surface area contributed by atoms with Gasteiger partial charge in [-0.25, -0.2) is 4.79 Å². The van der Waals surface area contributed by atoms with E-state index in [1.807, 2.05) is 6.07 Å². The van der Waals surface area contributed by atoms with Gasteiger partial charge >= 0.3 is 11.6 Å². The van der Waals surface area contributed by atoms with Crippen LogP contribution in [-0.2, 0) is 14.3 Å². The van der Waals surface area contributed by atoms with Crippen LogP contribution in [0.3, 0.4) is 0 Å². The number of hydrogen-bond acceptors (Lipinski definition) is 7. The first kappa shape index (κ1) is 22.8. The van der Waals surface area contributed by atoms with Gasteiger partial charge in [0, 0.05) is 24.8 Å². The first-order valence-corrected chi connectivity index (χ1v) is 12.3. The van der Waals surface area contributed by atoms with Crippen LogP contribution in [-0.4, -0.2) is 39.8 Å². The fourth-order valence-corrected chi connectivity index (χ4v) is 8.57. The van der Waals surface area contributed by atoms with Crippen molar-refractivity contribution in [2.45, 2.75) is 94.9 Å². The van der Waals surface area contributed by atoms with Crippen LogP contribution < -0.4 is 5.63 Å². The van der Waals surface area contributed by atoms with Gasteiger partial charge in [0.15, 0.2) is 0 Å². The van der Waals surface area contributed by atoms with E-state index in [2.05, 4.69) is 6.92 Å². The van der Waals surface area contributed by atoms with Gasteiger partial charge in [-0.05, 0) is 80.8 Å². The normalized spacial score (nSPS) is 46.5. The van der Waals surface area contributed by atoms with E-state index < -0.39 is 22.0 Å². The molecular formula is C26H34O7. The number of ether oxygens (including phenoxy) is 1. The van der Waals surface area contributed by atoms with Gasteiger partial charge in [0.1, 0.15) is 12.4 Å². The van der Waals surface area contributed by atoms with Gasteiger partial charge in [-0.2, -0.15) is 0 Å². The smallest absolute Gasteiger partial charge is 0.335 e. The van der Waals surface area contributed by atoms with Crippen LogP contribution in [0.5, 0.6) is 0 Å².